The Morgan fingerprint density at radius 1 is 1.35 bits per heavy atom. The van der Waals surface area contributed by atoms with E-state index in [2.05, 4.69) is 47.9 Å². The van der Waals surface area contributed by atoms with Crippen LogP contribution in [0.1, 0.15) is 13.8 Å². The predicted octanol–water partition coefficient (Wildman–Crippen LogP) is 3.33. The smallest absolute Gasteiger partial charge is 0.0852 e. The minimum Gasteiger partial charge on any atom is -0.368 e. The van der Waals surface area contributed by atoms with Gasteiger partial charge in [0.25, 0.3) is 0 Å². The van der Waals surface area contributed by atoms with Gasteiger partial charge >= 0.3 is 0 Å². The minimum atomic E-state index is 0.0660. The second kappa shape index (κ2) is 6.66. The summed E-state index contributed by atoms with van der Waals surface area (Å²) in [5.41, 5.74) is 2.12. The monoisotopic (exact) mass is 287 g/mol. The maximum atomic E-state index is 4.41. The molecule has 0 saturated heterocycles. The van der Waals surface area contributed by atoms with Crippen LogP contribution < -0.4 is 10.6 Å². The van der Waals surface area contributed by atoms with E-state index in [9.17, 15) is 0 Å². The molecule has 1 unspecified atom stereocenters. The average molecular weight is 287 g/mol. The number of nitrogens with zero attached hydrogens (tertiary/aromatic N) is 1. The molecule has 2 aliphatic rings. The summed E-state index contributed by atoms with van der Waals surface area (Å²) in [5, 5.41) is 7.74. The van der Waals surface area contributed by atoms with Gasteiger partial charge in [-0.2, -0.15) is 0 Å². The van der Waals surface area contributed by atoms with Gasteiger partial charge in [-0.15, -0.1) is 0 Å². The zero-order chi connectivity index (χ0) is 14.5. The van der Waals surface area contributed by atoms with Gasteiger partial charge in [-0.3, -0.25) is 4.99 Å². The van der Waals surface area contributed by atoms with Crippen molar-refractivity contribution < 1.29 is 0 Å². The van der Waals surface area contributed by atoms with Crippen LogP contribution in [0, 0.1) is 5.92 Å². The van der Waals surface area contributed by atoms with Crippen molar-refractivity contribution in [1.82, 2.24) is 10.6 Å². The Morgan fingerprint density at radius 3 is 2.95 bits per heavy atom. The first-order chi connectivity index (χ1) is 9.54. The van der Waals surface area contributed by atoms with Crippen LogP contribution in [0.5, 0.6) is 0 Å². The maximum absolute atomic E-state index is 4.41. The van der Waals surface area contributed by atoms with Crippen LogP contribution in [-0.2, 0) is 0 Å². The molecule has 2 atom stereocenters. The molecule has 20 heavy (non-hydrogen) atoms. The third-order valence-corrected chi connectivity index (χ3v) is 3.75. The lowest BCUT2D eigenvalue weighted by Gasteiger charge is -2.21. The van der Waals surface area contributed by atoms with Gasteiger partial charge in [0, 0.05) is 29.1 Å². The number of hydrogen-bond donors (Lipinski definition) is 2. The molecule has 0 spiro atoms. The summed E-state index contributed by atoms with van der Waals surface area (Å²) in [5.74, 6) is 0.431. The van der Waals surface area contributed by atoms with Crippen LogP contribution in [-0.4, -0.2) is 18.8 Å². The fourth-order valence-corrected chi connectivity index (χ4v) is 2.81. The molecule has 106 valence electrons. The van der Waals surface area contributed by atoms with E-state index in [1.165, 1.54) is 0 Å². The summed E-state index contributed by atoms with van der Waals surface area (Å²) in [6.07, 6.45) is 10.3. The highest BCUT2D eigenvalue weighted by Crippen LogP contribution is 2.25. The summed E-state index contributed by atoms with van der Waals surface area (Å²) in [7, 11) is 0. The number of nitrogens with one attached hydrogen (secondary N) is 2. The van der Waals surface area contributed by atoms with Gasteiger partial charge in [0.15, 0.2) is 0 Å². The zero-order valence-electron chi connectivity index (χ0n) is 12.0. The number of aliphatic imine (C=N–C) groups is 1. The van der Waals surface area contributed by atoms with E-state index in [4.69, 9.17) is 0 Å². The Labute approximate surface area is 125 Å². The molecule has 3 nitrogen and oxygen atoms in total. The molecule has 0 aliphatic carbocycles. The first kappa shape index (κ1) is 14.7. The third kappa shape index (κ3) is 4.17. The number of fused-ring (bicyclic) bond motifs is 1. The lowest BCUT2D eigenvalue weighted by atomic mass is 10.1. The molecule has 0 radical (unpaired) electrons. The first-order valence-electron chi connectivity index (χ1n) is 6.70. The Hall–Kier alpha value is -1.68. The molecular formula is C16H21N3S. The fourth-order valence-electron chi connectivity index (χ4n) is 2.07. The van der Waals surface area contributed by atoms with E-state index in [1.54, 1.807) is 11.8 Å². The number of rotatable bonds is 0. The van der Waals surface area contributed by atoms with Crippen LogP contribution in [0.4, 0.5) is 0 Å². The normalized spacial score (nSPS) is 34.1. The topological polar surface area (TPSA) is 36.4 Å². The molecular weight excluding hydrogens is 266 g/mol. The molecule has 0 aromatic carbocycles. The standard InChI is InChI=1S/C16H21N3S/c1-11-5-6-15-16(7-8-17-10-11)18-12(2)9-13(3)20-14(4)19-15/h5-9,11,15,18-19H,3-4,10H2,1-2H3/b6-5-,12-9+,16-7+,17-8?/t11?,15-/m0/s1. The average Bonchev–Trinajstić information content (AvgIpc) is 2.46. The second-order valence-corrected chi connectivity index (χ2v) is 6.29. The number of thioether (sulfide) groups is 1. The lowest BCUT2D eigenvalue weighted by Crippen LogP contribution is -2.33. The highest BCUT2D eigenvalue weighted by atomic mass is 32.2. The maximum Gasteiger partial charge on any atom is 0.0852 e. The van der Waals surface area contributed by atoms with Crippen molar-refractivity contribution in [3.63, 3.8) is 0 Å². The largest absolute Gasteiger partial charge is 0.368 e. The van der Waals surface area contributed by atoms with E-state index in [0.29, 0.717) is 5.92 Å². The molecule has 4 heteroatoms. The van der Waals surface area contributed by atoms with Crippen molar-refractivity contribution in [2.24, 2.45) is 10.9 Å². The van der Waals surface area contributed by atoms with Crippen molar-refractivity contribution in [2.45, 2.75) is 19.9 Å². The van der Waals surface area contributed by atoms with Crippen LogP contribution in [0.15, 0.2) is 63.8 Å². The predicted molar refractivity (Wildman–Crippen MR) is 89.4 cm³/mol. The Morgan fingerprint density at radius 2 is 2.15 bits per heavy atom. The molecule has 0 fully saturated rings. The second-order valence-electron chi connectivity index (χ2n) is 5.06. The van der Waals surface area contributed by atoms with Crippen molar-refractivity contribution in [3.8, 4) is 0 Å². The number of hydrogen-bond acceptors (Lipinski definition) is 4. The van der Waals surface area contributed by atoms with Crippen molar-refractivity contribution in [2.75, 3.05) is 6.54 Å². The molecule has 0 saturated carbocycles. The Balaban J connectivity index is 2.36. The summed E-state index contributed by atoms with van der Waals surface area (Å²) in [4.78, 5) is 5.38. The van der Waals surface area contributed by atoms with Crippen LogP contribution in [0.3, 0.4) is 0 Å². The lowest BCUT2D eigenvalue weighted by molar-refractivity contribution is 0.706. The Kier molecular flexibility index (Phi) is 4.90. The van der Waals surface area contributed by atoms with E-state index in [1.807, 2.05) is 25.3 Å². The highest BCUT2D eigenvalue weighted by Gasteiger charge is 2.15. The van der Waals surface area contributed by atoms with Crippen molar-refractivity contribution in [1.29, 1.82) is 0 Å². The van der Waals surface area contributed by atoms with E-state index in [0.717, 1.165) is 27.9 Å². The van der Waals surface area contributed by atoms with Gasteiger partial charge in [0.2, 0.25) is 0 Å². The van der Waals surface area contributed by atoms with Gasteiger partial charge in [0.1, 0.15) is 0 Å². The van der Waals surface area contributed by atoms with Crippen LogP contribution in [0.25, 0.3) is 0 Å². The van der Waals surface area contributed by atoms with E-state index in [-0.39, 0.29) is 6.04 Å². The number of allylic oxidation sites excluding steroid dienone is 3. The van der Waals surface area contributed by atoms with Gasteiger partial charge < -0.3 is 10.6 Å². The van der Waals surface area contributed by atoms with Crippen LogP contribution >= 0.6 is 11.8 Å². The van der Waals surface area contributed by atoms with Gasteiger partial charge in [-0.05, 0) is 25.0 Å². The molecule has 0 bridgehead atoms. The van der Waals surface area contributed by atoms with Gasteiger partial charge in [-0.1, -0.05) is 44.0 Å². The molecule has 2 heterocycles. The van der Waals surface area contributed by atoms with Gasteiger partial charge in [-0.25, -0.2) is 0 Å². The summed E-state index contributed by atoms with van der Waals surface area (Å²) < 4.78 is 0. The van der Waals surface area contributed by atoms with Crippen molar-refractivity contribution in [3.05, 3.63) is 58.8 Å². The van der Waals surface area contributed by atoms with E-state index < -0.39 is 0 Å². The summed E-state index contributed by atoms with van der Waals surface area (Å²) in [6.45, 7) is 13.1. The van der Waals surface area contributed by atoms with Crippen LogP contribution in [0.2, 0.25) is 0 Å². The molecule has 2 N–H and O–H groups in total. The Bertz CT molecular complexity index is 526. The minimum absolute atomic E-state index is 0.0660. The molecule has 2 rings (SSSR count). The third-order valence-electron chi connectivity index (χ3n) is 3.01. The van der Waals surface area contributed by atoms with Gasteiger partial charge in [0.05, 0.1) is 11.1 Å². The van der Waals surface area contributed by atoms with Crippen molar-refractivity contribution >= 4 is 18.0 Å². The molecule has 2 aliphatic heterocycles. The molecule has 0 aromatic heterocycles. The summed E-state index contributed by atoms with van der Waals surface area (Å²) in [6, 6.07) is 0.0660. The molecule has 0 aromatic rings. The first-order valence-corrected chi connectivity index (χ1v) is 7.52. The summed E-state index contributed by atoms with van der Waals surface area (Å²) >= 11 is 1.56. The molecule has 0 amide bonds. The quantitative estimate of drug-likeness (QED) is 0.671. The SMILES string of the molecule is C=C1/C=C(\C)N/C2=C/C=NCC(C)/C=C\[C@@H]2NC(=C)S1. The zero-order valence-corrected chi connectivity index (χ0v) is 12.8. The fraction of sp³-hybridized carbons (Fsp3) is 0.312. The van der Waals surface area contributed by atoms with E-state index >= 15 is 0 Å². The highest BCUT2D eigenvalue weighted by molar-refractivity contribution is 8.06.